The Morgan fingerprint density at radius 2 is 2.30 bits per heavy atom. The summed E-state index contributed by atoms with van der Waals surface area (Å²) in [5.74, 6) is -0.117. The maximum Gasteiger partial charge on any atom is 0.257 e. The van der Waals surface area contributed by atoms with E-state index in [0.717, 1.165) is 19.4 Å². The predicted octanol–water partition coefficient (Wildman–Crippen LogP) is 1.23. The summed E-state index contributed by atoms with van der Waals surface area (Å²) in [5.41, 5.74) is 0.349. The fourth-order valence-corrected chi connectivity index (χ4v) is 2.48. The fourth-order valence-electron chi connectivity index (χ4n) is 2.48. The number of amides is 1. The molecule has 0 radical (unpaired) electrons. The van der Waals surface area contributed by atoms with E-state index in [0.29, 0.717) is 31.3 Å². The van der Waals surface area contributed by atoms with Crippen LogP contribution in [0.4, 0.5) is 0 Å². The van der Waals surface area contributed by atoms with E-state index in [1.807, 2.05) is 0 Å². The number of hydrogen-bond donors (Lipinski definition) is 2. The van der Waals surface area contributed by atoms with Crippen LogP contribution in [0.3, 0.4) is 0 Å². The Labute approximate surface area is 119 Å². The Hall–Kier alpha value is -1.59. The van der Waals surface area contributed by atoms with Crippen molar-refractivity contribution in [3.8, 4) is 5.75 Å². The second-order valence-corrected chi connectivity index (χ2v) is 5.05. The number of carbonyl (C=O) groups is 1. The van der Waals surface area contributed by atoms with E-state index in [1.165, 1.54) is 6.07 Å². The van der Waals surface area contributed by atoms with E-state index in [4.69, 9.17) is 4.74 Å². The lowest BCUT2D eigenvalue weighted by Gasteiger charge is -2.26. The van der Waals surface area contributed by atoms with Gasteiger partial charge in [0.05, 0.1) is 12.2 Å². The molecule has 0 saturated carbocycles. The molecule has 0 aliphatic carbocycles. The summed E-state index contributed by atoms with van der Waals surface area (Å²) < 4.78 is 5.08. The third-order valence-corrected chi connectivity index (χ3v) is 3.59. The monoisotopic (exact) mass is 278 g/mol. The first-order valence-electron chi connectivity index (χ1n) is 7.02. The smallest absolute Gasteiger partial charge is 0.257 e. The van der Waals surface area contributed by atoms with Crippen molar-refractivity contribution in [3.63, 3.8) is 0 Å². The van der Waals surface area contributed by atoms with Crippen molar-refractivity contribution >= 4 is 5.91 Å². The van der Waals surface area contributed by atoms with Crippen LogP contribution in [0.15, 0.2) is 24.3 Å². The number of para-hydroxylation sites is 1. The third kappa shape index (κ3) is 3.71. The van der Waals surface area contributed by atoms with Crippen LogP contribution in [0.25, 0.3) is 0 Å². The van der Waals surface area contributed by atoms with Crippen LogP contribution >= 0.6 is 0 Å². The first-order chi connectivity index (χ1) is 9.72. The van der Waals surface area contributed by atoms with Gasteiger partial charge in [0.1, 0.15) is 5.75 Å². The summed E-state index contributed by atoms with van der Waals surface area (Å²) in [6.45, 7) is 2.68. The Morgan fingerprint density at radius 1 is 1.50 bits per heavy atom. The first kappa shape index (κ1) is 14.8. The summed E-state index contributed by atoms with van der Waals surface area (Å²) in [7, 11) is 1.62. The van der Waals surface area contributed by atoms with Crippen molar-refractivity contribution in [2.45, 2.75) is 18.9 Å². The minimum absolute atomic E-state index is 0.0271. The van der Waals surface area contributed by atoms with Gasteiger partial charge < -0.3 is 20.1 Å². The normalized spacial score (nSPS) is 18.1. The molecule has 20 heavy (non-hydrogen) atoms. The average Bonchev–Trinajstić information content (AvgIpc) is 2.96. The number of rotatable bonds is 6. The summed E-state index contributed by atoms with van der Waals surface area (Å²) in [5, 5.41) is 13.2. The Morgan fingerprint density at radius 3 is 2.95 bits per heavy atom. The van der Waals surface area contributed by atoms with E-state index in [-0.39, 0.29) is 11.7 Å². The molecule has 1 aromatic carbocycles. The second kappa shape index (κ2) is 7.26. The molecule has 5 heteroatoms. The van der Waals surface area contributed by atoms with Gasteiger partial charge in [-0.25, -0.2) is 0 Å². The summed E-state index contributed by atoms with van der Waals surface area (Å²) in [6, 6.07) is 7.00. The zero-order valence-electron chi connectivity index (χ0n) is 11.8. The quantitative estimate of drug-likeness (QED) is 0.821. The van der Waals surface area contributed by atoms with E-state index < -0.39 is 0 Å². The lowest BCUT2D eigenvalue weighted by atomic mass is 10.1. The third-order valence-electron chi connectivity index (χ3n) is 3.59. The van der Waals surface area contributed by atoms with Gasteiger partial charge in [-0.1, -0.05) is 12.1 Å². The molecule has 2 rings (SSSR count). The van der Waals surface area contributed by atoms with Crippen molar-refractivity contribution < 1.29 is 14.6 Å². The predicted molar refractivity (Wildman–Crippen MR) is 76.9 cm³/mol. The van der Waals surface area contributed by atoms with Gasteiger partial charge in [0.15, 0.2) is 0 Å². The number of ether oxygens (including phenoxy) is 1. The van der Waals surface area contributed by atoms with Crippen molar-refractivity contribution in [3.05, 3.63) is 29.8 Å². The molecule has 1 unspecified atom stereocenters. The number of nitrogens with zero attached hydrogens (tertiary/aromatic N) is 1. The van der Waals surface area contributed by atoms with Gasteiger partial charge >= 0.3 is 0 Å². The lowest BCUT2D eigenvalue weighted by Crippen LogP contribution is -2.42. The molecule has 1 aromatic rings. The van der Waals surface area contributed by atoms with Crippen LogP contribution in [-0.2, 0) is 4.74 Å². The van der Waals surface area contributed by atoms with Crippen molar-refractivity contribution in [2.24, 2.45) is 0 Å². The summed E-state index contributed by atoms with van der Waals surface area (Å²) >= 11 is 0. The molecule has 1 atom stereocenters. The average molecular weight is 278 g/mol. The Balaban J connectivity index is 2.08. The molecule has 0 bridgehead atoms. The Bertz CT molecular complexity index is 444. The largest absolute Gasteiger partial charge is 0.507 e. The highest BCUT2D eigenvalue weighted by Crippen LogP contribution is 2.18. The van der Waals surface area contributed by atoms with Gasteiger partial charge in [0.25, 0.3) is 5.91 Å². The number of aromatic hydroxyl groups is 1. The summed E-state index contributed by atoms with van der Waals surface area (Å²) in [4.78, 5) is 14.3. The second-order valence-electron chi connectivity index (χ2n) is 5.05. The van der Waals surface area contributed by atoms with Crippen molar-refractivity contribution in [1.29, 1.82) is 0 Å². The SMILES string of the molecule is COCCN(CC1CCCN1)C(=O)c1ccccc1O. The topological polar surface area (TPSA) is 61.8 Å². The molecule has 5 nitrogen and oxygen atoms in total. The van der Waals surface area contributed by atoms with Crippen LogP contribution in [0.2, 0.25) is 0 Å². The number of hydrogen-bond acceptors (Lipinski definition) is 4. The molecule has 1 heterocycles. The summed E-state index contributed by atoms with van der Waals surface area (Å²) in [6.07, 6.45) is 2.23. The molecule has 1 fully saturated rings. The highest BCUT2D eigenvalue weighted by atomic mass is 16.5. The number of methoxy groups -OCH3 is 1. The maximum atomic E-state index is 12.5. The van der Waals surface area contributed by atoms with Crippen LogP contribution in [0.1, 0.15) is 23.2 Å². The molecular weight excluding hydrogens is 256 g/mol. The highest BCUT2D eigenvalue weighted by molar-refractivity contribution is 5.96. The molecule has 1 amide bonds. The zero-order valence-corrected chi connectivity index (χ0v) is 11.8. The molecule has 1 saturated heterocycles. The molecule has 0 spiro atoms. The van der Waals surface area contributed by atoms with Gasteiger partial charge in [0, 0.05) is 26.2 Å². The van der Waals surface area contributed by atoms with E-state index >= 15 is 0 Å². The number of phenolic OH excluding ortho intramolecular Hbond substituents is 1. The van der Waals surface area contributed by atoms with Gasteiger partial charge in [-0.15, -0.1) is 0 Å². The van der Waals surface area contributed by atoms with Crippen LogP contribution in [-0.4, -0.2) is 55.3 Å². The number of nitrogens with one attached hydrogen (secondary N) is 1. The zero-order chi connectivity index (χ0) is 14.4. The van der Waals surface area contributed by atoms with Crippen molar-refractivity contribution in [1.82, 2.24) is 10.2 Å². The van der Waals surface area contributed by atoms with Crippen LogP contribution < -0.4 is 5.32 Å². The first-order valence-corrected chi connectivity index (χ1v) is 7.02. The van der Waals surface area contributed by atoms with E-state index in [1.54, 1.807) is 30.2 Å². The van der Waals surface area contributed by atoms with Gasteiger partial charge in [-0.2, -0.15) is 0 Å². The molecule has 110 valence electrons. The lowest BCUT2D eigenvalue weighted by molar-refractivity contribution is 0.0676. The van der Waals surface area contributed by atoms with Crippen LogP contribution in [0.5, 0.6) is 5.75 Å². The van der Waals surface area contributed by atoms with Crippen LogP contribution in [0, 0.1) is 0 Å². The minimum atomic E-state index is -0.145. The highest BCUT2D eigenvalue weighted by Gasteiger charge is 2.23. The molecular formula is C15H22N2O3. The number of carbonyl (C=O) groups excluding carboxylic acids is 1. The van der Waals surface area contributed by atoms with Gasteiger partial charge in [-0.05, 0) is 31.5 Å². The van der Waals surface area contributed by atoms with Gasteiger partial charge in [0.2, 0.25) is 0 Å². The Kier molecular flexibility index (Phi) is 5.38. The van der Waals surface area contributed by atoms with E-state index in [2.05, 4.69) is 5.32 Å². The number of phenols is 1. The van der Waals surface area contributed by atoms with Crippen molar-refractivity contribution in [2.75, 3.05) is 33.4 Å². The standard InChI is InChI=1S/C15H22N2O3/c1-20-10-9-17(11-12-5-4-8-16-12)15(19)13-6-2-3-7-14(13)18/h2-3,6-7,12,16,18H,4-5,8-11H2,1H3. The molecule has 1 aliphatic heterocycles. The molecule has 0 aromatic heterocycles. The molecule has 1 aliphatic rings. The number of benzene rings is 1. The fraction of sp³-hybridized carbons (Fsp3) is 0.533. The molecule has 2 N–H and O–H groups in total. The van der Waals surface area contributed by atoms with Gasteiger partial charge in [-0.3, -0.25) is 4.79 Å². The maximum absolute atomic E-state index is 12.5. The minimum Gasteiger partial charge on any atom is -0.507 e. The van der Waals surface area contributed by atoms with E-state index in [9.17, 15) is 9.90 Å².